The van der Waals surface area contributed by atoms with Gasteiger partial charge < -0.3 is 0 Å². The molecule has 3 heteroatoms. The van der Waals surface area contributed by atoms with Crippen molar-refractivity contribution in [2.75, 3.05) is 0 Å². The molecule has 0 N–H and O–H groups in total. The Morgan fingerprint density at radius 2 is 0.500 bits per heavy atom. The molecule has 2 rings (SSSR count). The topological polar surface area (TPSA) is 0 Å². The molecule has 38 heavy (non-hydrogen) atoms. The Bertz CT molecular complexity index is 779. The third-order valence-corrected chi connectivity index (χ3v) is 10.6. The van der Waals surface area contributed by atoms with Gasteiger partial charge in [0.25, 0.3) is 0 Å². The van der Waals surface area contributed by atoms with E-state index in [1.165, 1.54) is 27.5 Å². The molecule has 2 aromatic rings. The van der Waals surface area contributed by atoms with Crippen LogP contribution in [0.1, 0.15) is 164 Å². The summed E-state index contributed by atoms with van der Waals surface area (Å²) in [4.78, 5) is 0. The quantitative estimate of drug-likeness (QED) is 0.267. The molecule has 0 atom stereocenters. The molecule has 0 bridgehead atoms. The van der Waals surface area contributed by atoms with E-state index in [-0.39, 0.29) is 61.6 Å². The van der Waals surface area contributed by atoms with E-state index in [9.17, 15) is 0 Å². The van der Waals surface area contributed by atoms with E-state index in [0.717, 1.165) is 0 Å². The normalized spacial score (nSPS) is 13.1. The molecule has 216 valence electrons. The Balaban J connectivity index is 0. The first-order valence-electron chi connectivity index (χ1n) is 13.7. The number of rotatable bonds is 0. The summed E-state index contributed by atoms with van der Waals surface area (Å²) in [6, 6.07) is 9.71. The van der Waals surface area contributed by atoms with Gasteiger partial charge in [-0.2, -0.15) is 0 Å². The zero-order valence-electron chi connectivity index (χ0n) is 27.7. The minimum absolute atomic E-state index is 0. The average molecular weight is 593 g/mol. The predicted molar refractivity (Wildman–Crippen MR) is 177 cm³/mol. The average Bonchev–Trinajstić information content (AvgIpc) is 2.63. The van der Waals surface area contributed by atoms with Crippen LogP contribution in [0, 0.1) is 0 Å². The van der Waals surface area contributed by atoms with Crippen molar-refractivity contribution in [3.8, 4) is 0 Å². The van der Waals surface area contributed by atoms with E-state index in [4.69, 9.17) is 0 Å². The van der Waals surface area contributed by atoms with Gasteiger partial charge in [0, 0.05) is 21.7 Å². The second-order valence-electron chi connectivity index (χ2n) is 16.8. The zero-order valence-corrected chi connectivity index (χ0v) is 31.1. The summed E-state index contributed by atoms with van der Waals surface area (Å²) in [5.41, 5.74) is 4.40. The summed E-state index contributed by atoms with van der Waals surface area (Å²) < 4.78 is 0. The first kappa shape index (κ1) is 40.2. The smallest absolute Gasteiger partial charge is 0 e. The molecule has 0 nitrogen and oxygen atoms in total. The number of hydrogen-bond donors (Lipinski definition) is 0. The summed E-state index contributed by atoms with van der Waals surface area (Å²) in [5.74, 6) is 0. The summed E-state index contributed by atoms with van der Waals surface area (Å²) >= 11 is 0. The van der Waals surface area contributed by atoms with Gasteiger partial charge in [0.1, 0.15) is 0 Å². The van der Waals surface area contributed by atoms with Gasteiger partial charge >= 0.3 is 0 Å². The van der Waals surface area contributed by atoms with E-state index < -0.39 is 0 Å². The van der Waals surface area contributed by atoms with Gasteiger partial charge in [0.15, 0.2) is 0 Å². The minimum Gasteiger partial charge on any atom is -0.0776 e. The first-order valence-corrected chi connectivity index (χ1v) is 15.5. The van der Waals surface area contributed by atoms with Crippen LogP contribution in [-0.4, -0.2) is 0 Å². The van der Waals surface area contributed by atoms with Crippen molar-refractivity contribution in [1.82, 2.24) is 0 Å². The molecule has 0 saturated carbocycles. The Morgan fingerprint density at radius 3 is 0.605 bits per heavy atom. The molecule has 0 amide bonds. The van der Waals surface area contributed by atoms with Crippen LogP contribution in [0.4, 0.5) is 0 Å². The van der Waals surface area contributed by atoms with E-state index >= 15 is 0 Å². The molecule has 2 heterocycles. The molecule has 0 unspecified atom stereocenters. The van der Waals surface area contributed by atoms with Gasteiger partial charge in [-0.25, -0.2) is 0 Å². The summed E-state index contributed by atoms with van der Waals surface area (Å²) in [5, 5.41) is 6.17. The van der Waals surface area contributed by atoms with Crippen molar-refractivity contribution in [3.05, 3.63) is 56.6 Å². The van der Waals surface area contributed by atoms with Gasteiger partial charge in [-0.1, -0.05) is 173 Å². The minimum atomic E-state index is 0. The molecule has 2 aromatic heterocycles. The summed E-state index contributed by atoms with van der Waals surface area (Å²) in [6.45, 7) is 41.6. The van der Waals surface area contributed by atoms with Crippen molar-refractivity contribution in [2.24, 2.45) is 0 Å². The van der Waals surface area contributed by atoms with Crippen molar-refractivity contribution in [3.63, 3.8) is 0 Å². The van der Waals surface area contributed by atoms with Crippen molar-refractivity contribution in [2.45, 2.75) is 165 Å². The Kier molecular flexibility index (Phi) is 14.1. The molecule has 0 radical (unpaired) electrons. The Morgan fingerprint density at radius 1 is 0.342 bits per heavy atom. The summed E-state index contributed by atoms with van der Waals surface area (Å²) in [6.07, 6.45) is 0. The van der Waals surface area contributed by atoms with Gasteiger partial charge in [-0.15, -0.1) is 0 Å². The third-order valence-electron chi connectivity index (χ3n) is 6.46. The van der Waals surface area contributed by atoms with Crippen molar-refractivity contribution >= 4 is 16.4 Å². The zero-order chi connectivity index (χ0) is 28.7. The predicted octanol–water partition coefficient (Wildman–Crippen LogP) is 13.0. The van der Waals surface area contributed by atoms with Gasteiger partial charge in [0.05, 0.1) is 0 Å². The monoisotopic (exact) mass is 592 g/mol. The maximum Gasteiger partial charge on any atom is 0 e. The van der Waals surface area contributed by atoms with Crippen molar-refractivity contribution < 1.29 is 21.7 Å². The van der Waals surface area contributed by atoms with Crippen LogP contribution in [0.5, 0.6) is 0 Å². The van der Waals surface area contributed by atoms with E-state index in [0.29, 0.717) is 0 Å². The fourth-order valence-electron chi connectivity index (χ4n) is 3.46. The van der Waals surface area contributed by atoms with Gasteiger partial charge in [-0.3, -0.25) is 0 Å². The second kappa shape index (κ2) is 13.3. The maximum absolute atomic E-state index is 2.43. The van der Waals surface area contributed by atoms with E-state index in [1.54, 1.807) is 21.2 Å². The summed E-state index contributed by atoms with van der Waals surface area (Å²) in [7, 11) is 2.82. The molecule has 0 aliphatic rings. The van der Waals surface area contributed by atoms with Crippen LogP contribution in [0.15, 0.2) is 24.3 Å². The largest absolute Gasteiger partial charge is 0.0776 e. The molecular formula is C35H62P2Ti. The molecule has 0 aliphatic heterocycles. The molecule has 0 aromatic carbocycles. The first-order chi connectivity index (χ1) is 15.6. The van der Waals surface area contributed by atoms with Gasteiger partial charge in [0.2, 0.25) is 0 Å². The standard InChI is InChI=1S/2C17H29P.CH4.Ti/c2*1-15(2,3)12-10-13(16(4,5)6)18-14(11-12)17(7,8)9;;/h2*10-11H,1-9H3;1H4;. The molecule has 0 fully saturated rings. The molecule has 0 aliphatic carbocycles. The van der Waals surface area contributed by atoms with Crippen LogP contribution >= 0.6 is 16.4 Å². The van der Waals surface area contributed by atoms with Crippen LogP contribution in [0.3, 0.4) is 0 Å². The number of hydrogen-bond acceptors (Lipinski definition) is 0. The van der Waals surface area contributed by atoms with Crippen molar-refractivity contribution in [1.29, 1.82) is 0 Å². The third kappa shape index (κ3) is 12.3. The molecule has 0 saturated heterocycles. The Hall–Kier alpha value is 0.0143. The molecule has 0 spiro atoms. The van der Waals surface area contributed by atoms with Crippen LogP contribution in [0.2, 0.25) is 0 Å². The van der Waals surface area contributed by atoms with Crippen LogP contribution in [-0.2, 0) is 54.2 Å². The van der Waals surface area contributed by atoms with Crippen LogP contribution in [0.25, 0.3) is 0 Å². The van der Waals surface area contributed by atoms with Crippen LogP contribution < -0.4 is 0 Å². The fraction of sp³-hybridized carbons (Fsp3) is 0.714. The van der Waals surface area contributed by atoms with E-state index in [2.05, 4.69) is 149 Å². The second-order valence-corrected chi connectivity index (χ2v) is 19.1. The van der Waals surface area contributed by atoms with Gasteiger partial charge in [-0.05, 0) is 64.8 Å². The maximum atomic E-state index is 2.43. The SMILES string of the molecule is C.CC(C)(C)c1cc(C(C)(C)C)pc(C(C)(C)C)c1.CC(C)(C)c1cc(C(C)(C)C)pc(C(C)(C)C)c1.[Ti]. The Labute approximate surface area is 258 Å². The van der Waals surface area contributed by atoms with E-state index in [1.807, 2.05) is 0 Å². The fourth-order valence-corrected chi connectivity index (χ4v) is 6.14. The molecular weight excluding hydrogens is 530 g/mol.